The fraction of sp³-hybridized carbons (Fsp3) is 0.444. The summed E-state index contributed by atoms with van der Waals surface area (Å²) in [6.07, 6.45) is 2.09. The summed E-state index contributed by atoms with van der Waals surface area (Å²) < 4.78 is 0. The molecule has 0 saturated heterocycles. The molecular formula is C9H13N3O3. The number of nitrogens with zero attached hydrogens (tertiary/aromatic N) is 1. The first kappa shape index (κ1) is 11.2. The minimum absolute atomic E-state index is 0.0325. The lowest BCUT2D eigenvalue weighted by Gasteiger charge is -2.00. The van der Waals surface area contributed by atoms with Crippen molar-refractivity contribution in [3.05, 3.63) is 26.4 Å². The Morgan fingerprint density at radius 2 is 2.13 bits per heavy atom. The second-order valence-electron chi connectivity index (χ2n) is 3.21. The van der Waals surface area contributed by atoms with Crippen molar-refractivity contribution in [2.24, 2.45) is 4.99 Å². The summed E-state index contributed by atoms with van der Waals surface area (Å²) >= 11 is 0. The number of aliphatic imine (C=N–C) groups is 1. The van der Waals surface area contributed by atoms with E-state index in [-0.39, 0.29) is 11.6 Å². The van der Waals surface area contributed by atoms with E-state index >= 15 is 0 Å². The molecule has 0 fully saturated rings. The van der Waals surface area contributed by atoms with E-state index in [0.717, 1.165) is 6.42 Å². The van der Waals surface area contributed by atoms with Crippen LogP contribution in [0.3, 0.4) is 0 Å². The Morgan fingerprint density at radius 3 is 2.67 bits per heavy atom. The molecule has 0 bridgehead atoms. The van der Waals surface area contributed by atoms with Crippen LogP contribution in [0.25, 0.3) is 0 Å². The smallest absolute Gasteiger partial charge is 0.328 e. The predicted octanol–water partition coefficient (Wildman–Crippen LogP) is -0.0138. The highest BCUT2D eigenvalue weighted by Gasteiger charge is 2.05. The molecule has 0 unspecified atom stereocenters. The van der Waals surface area contributed by atoms with Gasteiger partial charge in [0.25, 0.3) is 5.56 Å². The molecule has 0 aliphatic heterocycles. The SMILES string of the molecule is CC[C@H](C)N=Cc1c(O)[nH]c(=O)[nH]c1=O. The molecule has 82 valence electrons. The molecule has 0 radical (unpaired) electrons. The maximum Gasteiger partial charge on any atom is 0.328 e. The van der Waals surface area contributed by atoms with Gasteiger partial charge in [-0.15, -0.1) is 0 Å². The van der Waals surface area contributed by atoms with Crippen molar-refractivity contribution in [1.29, 1.82) is 0 Å². The summed E-state index contributed by atoms with van der Waals surface area (Å²) in [5.74, 6) is -0.462. The molecule has 0 aliphatic carbocycles. The Bertz CT molecular complexity index is 472. The van der Waals surface area contributed by atoms with Gasteiger partial charge >= 0.3 is 5.69 Å². The number of H-pyrrole nitrogens is 2. The van der Waals surface area contributed by atoms with Crippen molar-refractivity contribution in [3.8, 4) is 5.88 Å². The zero-order valence-corrected chi connectivity index (χ0v) is 8.57. The fourth-order valence-corrected chi connectivity index (χ4v) is 0.911. The molecule has 1 rings (SSSR count). The summed E-state index contributed by atoms with van der Waals surface area (Å²) in [5.41, 5.74) is -1.42. The fourth-order valence-electron chi connectivity index (χ4n) is 0.911. The second-order valence-corrected chi connectivity index (χ2v) is 3.21. The van der Waals surface area contributed by atoms with Crippen LogP contribution in [-0.4, -0.2) is 27.3 Å². The largest absolute Gasteiger partial charge is 0.494 e. The normalized spacial score (nSPS) is 13.2. The summed E-state index contributed by atoms with van der Waals surface area (Å²) in [4.78, 5) is 30.1. The van der Waals surface area contributed by atoms with Gasteiger partial charge in [-0.3, -0.25) is 19.8 Å². The molecule has 6 heteroatoms. The minimum atomic E-state index is -0.738. The van der Waals surface area contributed by atoms with Crippen molar-refractivity contribution < 1.29 is 5.11 Å². The van der Waals surface area contributed by atoms with Crippen LogP contribution in [0.15, 0.2) is 14.6 Å². The molecule has 0 aliphatic rings. The standard InChI is InChI=1S/C9H13N3O3/c1-3-5(2)10-4-6-7(13)11-9(15)12-8(6)14/h4-5H,3H2,1-2H3,(H3,11,12,13,14,15)/t5-/m0/s1. The van der Waals surface area contributed by atoms with Gasteiger partial charge < -0.3 is 5.11 Å². The van der Waals surface area contributed by atoms with Crippen molar-refractivity contribution in [2.45, 2.75) is 26.3 Å². The van der Waals surface area contributed by atoms with E-state index in [1.165, 1.54) is 6.21 Å². The number of nitrogens with one attached hydrogen (secondary N) is 2. The first-order valence-corrected chi connectivity index (χ1v) is 4.63. The maximum absolute atomic E-state index is 11.2. The quantitative estimate of drug-likeness (QED) is 0.613. The third kappa shape index (κ3) is 2.80. The Labute approximate surface area is 85.7 Å². The Hall–Kier alpha value is -1.85. The summed E-state index contributed by atoms with van der Waals surface area (Å²) in [6.45, 7) is 3.84. The van der Waals surface area contributed by atoms with Crippen LogP contribution in [0.1, 0.15) is 25.8 Å². The highest BCUT2D eigenvalue weighted by atomic mass is 16.3. The third-order valence-corrected chi connectivity index (χ3v) is 2.01. The molecule has 6 nitrogen and oxygen atoms in total. The van der Waals surface area contributed by atoms with Gasteiger partial charge in [-0.05, 0) is 13.3 Å². The Kier molecular flexibility index (Phi) is 3.43. The lowest BCUT2D eigenvalue weighted by molar-refractivity contribution is 0.447. The van der Waals surface area contributed by atoms with Gasteiger partial charge in [0.1, 0.15) is 5.56 Å². The molecule has 0 spiro atoms. The first-order chi connectivity index (χ1) is 7.04. The average molecular weight is 211 g/mol. The highest BCUT2D eigenvalue weighted by molar-refractivity contribution is 5.81. The predicted molar refractivity (Wildman–Crippen MR) is 56.7 cm³/mol. The maximum atomic E-state index is 11.2. The molecule has 0 aromatic carbocycles. The topological polar surface area (TPSA) is 98.3 Å². The first-order valence-electron chi connectivity index (χ1n) is 4.63. The van der Waals surface area contributed by atoms with Gasteiger partial charge in [-0.25, -0.2) is 4.79 Å². The van der Waals surface area contributed by atoms with Crippen LogP contribution < -0.4 is 11.2 Å². The van der Waals surface area contributed by atoms with E-state index in [0.29, 0.717) is 0 Å². The van der Waals surface area contributed by atoms with Crippen LogP contribution in [-0.2, 0) is 0 Å². The molecule has 0 amide bonds. The molecule has 1 aromatic heterocycles. The molecule has 1 aromatic rings. The van der Waals surface area contributed by atoms with Crippen LogP contribution in [0.4, 0.5) is 0 Å². The van der Waals surface area contributed by atoms with E-state index in [9.17, 15) is 14.7 Å². The number of hydrogen-bond donors (Lipinski definition) is 3. The van der Waals surface area contributed by atoms with Gasteiger partial charge in [0.2, 0.25) is 5.88 Å². The van der Waals surface area contributed by atoms with Gasteiger partial charge in [-0.1, -0.05) is 6.92 Å². The van der Waals surface area contributed by atoms with Crippen LogP contribution in [0.2, 0.25) is 0 Å². The zero-order valence-electron chi connectivity index (χ0n) is 8.57. The molecule has 1 heterocycles. The van der Waals surface area contributed by atoms with Gasteiger partial charge in [0.05, 0.1) is 0 Å². The minimum Gasteiger partial charge on any atom is -0.494 e. The highest BCUT2D eigenvalue weighted by Crippen LogP contribution is 2.02. The zero-order chi connectivity index (χ0) is 11.4. The molecule has 3 N–H and O–H groups in total. The van der Waals surface area contributed by atoms with Crippen molar-refractivity contribution in [2.75, 3.05) is 0 Å². The van der Waals surface area contributed by atoms with Crippen LogP contribution >= 0.6 is 0 Å². The van der Waals surface area contributed by atoms with Gasteiger partial charge in [0, 0.05) is 12.3 Å². The molecule has 1 atom stereocenters. The van der Waals surface area contributed by atoms with E-state index in [1.807, 2.05) is 18.8 Å². The average Bonchev–Trinajstić information content (AvgIpc) is 2.15. The summed E-state index contributed by atoms with van der Waals surface area (Å²) in [6, 6.07) is 0.0655. The van der Waals surface area contributed by atoms with Gasteiger partial charge in [0.15, 0.2) is 0 Å². The number of aromatic hydroxyl groups is 1. The van der Waals surface area contributed by atoms with Crippen molar-refractivity contribution in [3.63, 3.8) is 0 Å². The van der Waals surface area contributed by atoms with E-state index < -0.39 is 17.1 Å². The number of aromatic nitrogens is 2. The molecular weight excluding hydrogens is 198 g/mol. The van der Waals surface area contributed by atoms with E-state index in [4.69, 9.17) is 0 Å². The number of hydrogen-bond acceptors (Lipinski definition) is 4. The lowest BCUT2D eigenvalue weighted by Crippen LogP contribution is -2.25. The number of rotatable bonds is 3. The van der Waals surface area contributed by atoms with Crippen molar-refractivity contribution >= 4 is 6.21 Å². The summed E-state index contributed by atoms with van der Waals surface area (Å²) in [5, 5.41) is 9.29. The Balaban J connectivity index is 3.11. The van der Waals surface area contributed by atoms with E-state index in [2.05, 4.69) is 9.98 Å². The Morgan fingerprint density at radius 1 is 1.47 bits per heavy atom. The van der Waals surface area contributed by atoms with E-state index in [1.54, 1.807) is 0 Å². The molecule has 0 saturated carbocycles. The second kappa shape index (κ2) is 4.59. The van der Waals surface area contributed by atoms with Crippen LogP contribution in [0, 0.1) is 0 Å². The van der Waals surface area contributed by atoms with Crippen LogP contribution in [0.5, 0.6) is 5.88 Å². The summed E-state index contributed by atoms with van der Waals surface area (Å²) in [7, 11) is 0. The lowest BCUT2D eigenvalue weighted by atomic mass is 10.3. The van der Waals surface area contributed by atoms with Crippen molar-refractivity contribution in [1.82, 2.24) is 9.97 Å². The number of aromatic amines is 2. The molecule has 15 heavy (non-hydrogen) atoms. The van der Waals surface area contributed by atoms with Gasteiger partial charge in [-0.2, -0.15) is 0 Å². The monoisotopic (exact) mass is 211 g/mol. The third-order valence-electron chi connectivity index (χ3n) is 2.01.